The van der Waals surface area contributed by atoms with E-state index < -0.39 is 15.9 Å². The first-order valence-electron chi connectivity index (χ1n) is 8.49. The number of Topliss-reactive ketones (excluding diaryl/α,β-unsaturated/α-hetero) is 1. The smallest absolute Gasteiger partial charge is 0.272 e. The van der Waals surface area contributed by atoms with E-state index in [4.69, 9.17) is 0 Å². The molecule has 138 valence electrons. The SMILES string of the molecule is CC(=O)c1c[nH]c(C(=O)Nc2ccc(S(=O)(=O)N3CCCCC3)cc2)c1. The molecule has 0 radical (unpaired) electrons. The number of carbonyl (C=O) groups is 2. The maximum atomic E-state index is 12.6. The second-order valence-corrected chi connectivity index (χ2v) is 8.24. The summed E-state index contributed by atoms with van der Waals surface area (Å²) in [6.45, 7) is 2.52. The van der Waals surface area contributed by atoms with Gasteiger partial charge in [-0.15, -0.1) is 0 Å². The minimum absolute atomic E-state index is 0.132. The molecule has 1 aliphatic heterocycles. The van der Waals surface area contributed by atoms with Crippen molar-refractivity contribution in [1.29, 1.82) is 0 Å². The van der Waals surface area contributed by atoms with Gasteiger partial charge in [-0.2, -0.15) is 4.31 Å². The molecule has 3 rings (SSSR count). The highest BCUT2D eigenvalue weighted by Crippen LogP contribution is 2.22. The van der Waals surface area contributed by atoms with Crippen LogP contribution in [-0.4, -0.2) is 42.5 Å². The molecule has 26 heavy (non-hydrogen) atoms. The number of hydrogen-bond donors (Lipinski definition) is 2. The van der Waals surface area contributed by atoms with Crippen LogP contribution in [0.5, 0.6) is 0 Å². The van der Waals surface area contributed by atoms with Gasteiger partial charge in [0.15, 0.2) is 5.78 Å². The largest absolute Gasteiger partial charge is 0.356 e. The molecule has 0 unspecified atom stereocenters. The predicted octanol–water partition coefficient (Wildman–Crippen LogP) is 2.64. The van der Waals surface area contributed by atoms with Crippen LogP contribution in [0.3, 0.4) is 0 Å². The molecule has 2 heterocycles. The fourth-order valence-corrected chi connectivity index (χ4v) is 4.41. The zero-order valence-electron chi connectivity index (χ0n) is 14.5. The number of benzene rings is 1. The molecule has 1 amide bonds. The van der Waals surface area contributed by atoms with E-state index in [-0.39, 0.29) is 16.4 Å². The summed E-state index contributed by atoms with van der Waals surface area (Å²) in [7, 11) is -3.49. The molecule has 2 N–H and O–H groups in total. The lowest BCUT2D eigenvalue weighted by molar-refractivity contribution is 0.101. The summed E-state index contributed by atoms with van der Waals surface area (Å²) >= 11 is 0. The van der Waals surface area contributed by atoms with Crippen LogP contribution >= 0.6 is 0 Å². The van der Waals surface area contributed by atoms with Gasteiger partial charge >= 0.3 is 0 Å². The van der Waals surface area contributed by atoms with Crippen LogP contribution in [0.2, 0.25) is 0 Å². The first kappa shape index (κ1) is 18.3. The number of anilines is 1. The quantitative estimate of drug-likeness (QED) is 0.785. The molecule has 0 saturated carbocycles. The fourth-order valence-electron chi connectivity index (χ4n) is 2.89. The third-order valence-corrected chi connectivity index (χ3v) is 6.31. The van der Waals surface area contributed by atoms with Gasteiger partial charge in [-0.05, 0) is 50.1 Å². The minimum atomic E-state index is -3.49. The van der Waals surface area contributed by atoms with E-state index in [0.29, 0.717) is 24.3 Å². The monoisotopic (exact) mass is 375 g/mol. The number of aromatic nitrogens is 1. The van der Waals surface area contributed by atoms with Crippen LogP contribution < -0.4 is 5.32 Å². The topological polar surface area (TPSA) is 99.3 Å². The Balaban J connectivity index is 1.70. The van der Waals surface area contributed by atoms with E-state index in [1.165, 1.54) is 35.6 Å². The van der Waals surface area contributed by atoms with Gasteiger partial charge in [-0.1, -0.05) is 6.42 Å². The van der Waals surface area contributed by atoms with Crippen molar-refractivity contribution >= 4 is 27.4 Å². The Kier molecular flexibility index (Phi) is 5.24. The summed E-state index contributed by atoms with van der Waals surface area (Å²) < 4.78 is 26.7. The summed E-state index contributed by atoms with van der Waals surface area (Å²) in [6, 6.07) is 7.59. The minimum Gasteiger partial charge on any atom is -0.356 e. The number of H-pyrrole nitrogens is 1. The second-order valence-electron chi connectivity index (χ2n) is 6.30. The summed E-state index contributed by atoms with van der Waals surface area (Å²) in [5, 5.41) is 2.68. The van der Waals surface area contributed by atoms with Gasteiger partial charge in [0, 0.05) is 30.5 Å². The van der Waals surface area contributed by atoms with Gasteiger partial charge in [0.1, 0.15) is 5.69 Å². The summed E-state index contributed by atoms with van der Waals surface area (Å²) in [6.07, 6.45) is 4.30. The molecular weight excluding hydrogens is 354 g/mol. The van der Waals surface area contributed by atoms with E-state index in [0.717, 1.165) is 19.3 Å². The van der Waals surface area contributed by atoms with Crippen molar-refractivity contribution in [2.45, 2.75) is 31.1 Å². The highest BCUT2D eigenvalue weighted by Gasteiger charge is 2.25. The summed E-state index contributed by atoms with van der Waals surface area (Å²) in [5.74, 6) is -0.531. The lowest BCUT2D eigenvalue weighted by Gasteiger charge is -2.25. The molecule has 0 spiro atoms. The van der Waals surface area contributed by atoms with Crippen molar-refractivity contribution in [3.05, 3.63) is 47.8 Å². The van der Waals surface area contributed by atoms with E-state index in [1.54, 1.807) is 12.1 Å². The molecule has 0 aliphatic carbocycles. The van der Waals surface area contributed by atoms with Crippen LogP contribution in [0.15, 0.2) is 41.4 Å². The van der Waals surface area contributed by atoms with Gasteiger partial charge < -0.3 is 10.3 Å². The Hall–Kier alpha value is -2.45. The van der Waals surface area contributed by atoms with Crippen LogP contribution in [0, 0.1) is 0 Å². The molecule has 0 bridgehead atoms. The number of piperidine rings is 1. The number of sulfonamides is 1. The summed E-state index contributed by atoms with van der Waals surface area (Å²) in [5.41, 5.74) is 1.17. The van der Waals surface area contributed by atoms with Crippen molar-refractivity contribution < 1.29 is 18.0 Å². The van der Waals surface area contributed by atoms with Crippen molar-refractivity contribution in [2.75, 3.05) is 18.4 Å². The normalized spacial score (nSPS) is 15.6. The zero-order chi connectivity index (χ0) is 18.7. The Bertz CT molecular complexity index is 910. The highest BCUT2D eigenvalue weighted by molar-refractivity contribution is 7.89. The molecule has 1 fully saturated rings. The highest BCUT2D eigenvalue weighted by atomic mass is 32.2. The van der Waals surface area contributed by atoms with Crippen LogP contribution in [0.1, 0.15) is 47.0 Å². The lowest BCUT2D eigenvalue weighted by atomic mass is 10.2. The third-order valence-electron chi connectivity index (χ3n) is 4.40. The molecular formula is C18H21N3O4S. The van der Waals surface area contributed by atoms with E-state index >= 15 is 0 Å². The van der Waals surface area contributed by atoms with Crippen LogP contribution in [0.4, 0.5) is 5.69 Å². The number of aromatic amines is 1. The van der Waals surface area contributed by atoms with Gasteiger partial charge in [-0.3, -0.25) is 9.59 Å². The van der Waals surface area contributed by atoms with E-state index in [2.05, 4.69) is 10.3 Å². The standard InChI is InChI=1S/C18H21N3O4S/c1-13(22)14-11-17(19-12-14)18(23)20-15-5-7-16(8-6-15)26(24,25)21-9-3-2-4-10-21/h5-8,11-12,19H,2-4,9-10H2,1H3,(H,20,23). The molecule has 0 atom stereocenters. The first-order chi connectivity index (χ1) is 12.4. The molecule has 1 aromatic carbocycles. The second kappa shape index (κ2) is 7.43. The van der Waals surface area contributed by atoms with Crippen molar-refractivity contribution in [3.8, 4) is 0 Å². The van der Waals surface area contributed by atoms with Crippen LogP contribution in [0.25, 0.3) is 0 Å². The van der Waals surface area contributed by atoms with Crippen molar-refractivity contribution in [1.82, 2.24) is 9.29 Å². The van der Waals surface area contributed by atoms with Crippen molar-refractivity contribution in [2.24, 2.45) is 0 Å². The number of ketones is 1. The molecule has 1 aliphatic rings. The molecule has 1 saturated heterocycles. The Morgan fingerprint density at radius 3 is 2.31 bits per heavy atom. The summed E-state index contributed by atoms with van der Waals surface area (Å²) in [4.78, 5) is 26.5. The number of carbonyl (C=O) groups excluding carboxylic acids is 2. The molecule has 7 nitrogen and oxygen atoms in total. The Labute approximate surface area is 152 Å². The third kappa shape index (κ3) is 3.86. The van der Waals surface area contributed by atoms with Crippen LogP contribution in [-0.2, 0) is 10.0 Å². The lowest BCUT2D eigenvalue weighted by Crippen LogP contribution is -2.35. The molecule has 8 heteroatoms. The van der Waals surface area contributed by atoms with E-state index in [1.807, 2.05) is 0 Å². The number of amides is 1. The maximum absolute atomic E-state index is 12.6. The zero-order valence-corrected chi connectivity index (χ0v) is 15.3. The fraction of sp³-hybridized carbons (Fsp3) is 0.333. The Morgan fingerprint density at radius 1 is 1.08 bits per heavy atom. The maximum Gasteiger partial charge on any atom is 0.272 e. The average molecular weight is 375 g/mol. The van der Waals surface area contributed by atoms with Crippen molar-refractivity contribution in [3.63, 3.8) is 0 Å². The van der Waals surface area contributed by atoms with E-state index in [9.17, 15) is 18.0 Å². The predicted molar refractivity (Wildman–Crippen MR) is 97.8 cm³/mol. The first-order valence-corrected chi connectivity index (χ1v) is 9.93. The van der Waals surface area contributed by atoms with Gasteiger partial charge in [0.2, 0.25) is 10.0 Å². The van der Waals surface area contributed by atoms with Gasteiger partial charge in [0.25, 0.3) is 5.91 Å². The van der Waals surface area contributed by atoms with Gasteiger partial charge in [0.05, 0.1) is 4.90 Å². The average Bonchev–Trinajstić information content (AvgIpc) is 3.13. The molecule has 1 aromatic heterocycles. The number of nitrogens with one attached hydrogen (secondary N) is 2. The number of rotatable bonds is 5. The molecule has 2 aromatic rings. The number of nitrogens with zero attached hydrogens (tertiary/aromatic N) is 1. The number of hydrogen-bond acceptors (Lipinski definition) is 4. The Morgan fingerprint density at radius 2 is 1.73 bits per heavy atom. The van der Waals surface area contributed by atoms with Gasteiger partial charge in [-0.25, -0.2) is 8.42 Å².